The quantitative estimate of drug-likeness (QED) is 0.316. The fourth-order valence-electron chi connectivity index (χ4n) is 2.06. The van der Waals surface area contributed by atoms with Gasteiger partial charge in [-0.05, 0) is 24.3 Å². The number of rotatable bonds is 10. The monoisotopic (exact) mass is 533 g/mol. The van der Waals surface area contributed by atoms with Crippen LogP contribution in [0.2, 0.25) is 0 Å². The number of hydrogen-bond acceptors (Lipinski definition) is 2. The zero-order chi connectivity index (χ0) is 27.2. The maximum Gasteiger partial charge on any atom is 0.385 e. The van der Waals surface area contributed by atoms with Crippen LogP contribution in [0.15, 0.2) is 24.3 Å². The molecule has 0 atom stereocenters. The van der Waals surface area contributed by atoms with E-state index in [2.05, 4.69) is 4.74 Å². The summed E-state index contributed by atoms with van der Waals surface area (Å²) in [5.41, 5.74) is -0.167. The molecule has 0 saturated heterocycles. The van der Waals surface area contributed by atoms with E-state index in [1.807, 2.05) is 0 Å². The molecular weight excluding hydrogens is 526 g/mol. The van der Waals surface area contributed by atoms with Gasteiger partial charge in [0, 0.05) is 0 Å². The topological polar surface area (TPSA) is 33.0 Å². The summed E-state index contributed by atoms with van der Waals surface area (Å²) < 4.78 is 215. The Kier molecular flexibility index (Phi) is 7.40. The molecule has 0 bridgehead atoms. The molecule has 0 unspecified atom stereocenters. The molecule has 0 amide bonds. The van der Waals surface area contributed by atoms with Crippen LogP contribution < -0.4 is 4.74 Å². The van der Waals surface area contributed by atoms with Crippen molar-refractivity contribution in [2.75, 3.05) is 6.61 Å². The van der Waals surface area contributed by atoms with Gasteiger partial charge >= 0.3 is 47.9 Å². The van der Waals surface area contributed by atoms with Gasteiger partial charge in [-0.15, -0.1) is 0 Å². The van der Waals surface area contributed by atoms with Crippen LogP contribution in [0.3, 0.4) is 0 Å². The van der Waals surface area contributed by atoms with Crippen molar-refractivity contribution in [2.45, 2.75) is 47.9 Å². The molecule has 0 aliphatic heterocycles. The third kappa shape index (κ3) is 4.17. The number of nitriles is 1. The fraction of sp³-hybridized carbons (Fsp3) is 0.562. The highest BCUT2D eigenvalue weighted by Crippen LogP contribution is 2.62. The van der Waals surface area contributed by atoms with E-state index in [-0.39, 0.29) is 5.56 Å². The molecular formula is C16H7F16NO. The second-order valence-electron chi connectivity index (χ2n) is 6.42. The lowest BCUT2D eigenvalue weighted by atomic mass is 9.89. The summed E-state index contributed by atoms with van der Waals surface area (Å²) in [6.07, 6.45) is -5.89. The standard InChI is InChI=1S/C16H7F16NO/c17-9(18)11(21,22)13(25,26)15(29,30)16(31,32)14(27,28)12(23,24)10(19,20)6-34-8-3-1-7(5-33)2-4-8/h1-4,9H,6H2. The Labute approximate surface area is 177 Å². The first kappa shape index (κ1) is 29.4. The molecule has 0 heterocycles. The van der Waals surface area contributed by atoms with Crippen molar-refractivity contribution in [3.8, 4) is 11.8 Å². The summed E-state index contributed by atoms with van der Waals surface area (Å²) in [5, 5.41) is 8.50. The summed E-state index contributed by atoms with van der Waals surface area (Å²) in [6.45, 7) is -2.98. The zero-order valence-electron chi connectivity index (χ0n) is 15.5. The minimum absolute atomic E-state index is 0.167. The molecule has 2 nitrogen and oxygen atoms in total. The average Bonchev–Trinajstić information content (AvgIpc) is 2.71. The van der Waals surface area contributed by atoms with Crippen molar-refractivity contribution in [1.29, 1.82) is 5.26 Å². The van der Waals surface area contributed by atoms with E-state index < -0.39 is 60.2 Å². The van der Waals surface area contributed by atoms with Crippen LogP contribution in [0.5, 0.6) is 5.75 Å². The largest absolute Gasteiger partial charge is 0.487 e. The highest BCUT2D eigenvalue weighted by Gasteiger charge is 2.93. The number of halogens is 16. The summed E-state index contributed by atoms with van der Waals surface area (Å²) in [7, 11) is 0. The third-order valence-corrected chi connectivity index (χ3v) is 4.13. The molecule has 1 aromatic rings. The molecule has 0 fully saturated rings. The van der Waals surface area contributed by atoms with Gasteiger partial charge in [-0.2, -0.15) is 66.7 Å². The maximum absolute atomic E-state index is 13.7. The van der Waals surface area contributed by atoms with E-state index in [9.17, 15) is 70.2 Å². The van der Waals surface area contributed by atoms with Crippen LogP contribution in [0.4, 0.5) is 70.2 Å². The summed E-state index contributed by atoms with van der Waals surface area (Å²) >= 11 is 0. The summed E-state index contributed by atoms with van der Waals surface area (Å²) in [6, 6.07) is 4.33. The Morgan fingerprint density at radius 3 is 1.41 bits per heavy atom. The highest BCUT2D eigenvalue weighted by atomic mass is 19.4. The molecule has 1 aromatic carbocycles. The van der Waals surface area contributed by atoms with E-state index in [1.54, 1.807) is 0 Å². The van der Waals surface area contributed by atoms with Gasteiger partial charge in [0.05, 0.1) is 11.6 Å². The Balaban J connectivity index is 3.39. The molecule has 0 aliphatic rings. The molecule has 194 valence electrons. The van der Waals surface area contributed by atoms with E-state index >= 15 is 0 Å². The molecule has 0 spiro atoms. The van der Waals surface area contributed by atoms with Gasteiger partial charge in [-0.25, -0.2) is 8.78 Å². The van der Waals surface area contributed by atoms with Crippen LogP contribution in [0, 0.1) is 11.3 Å². The zero-order valence-corrected chi connectivity index (χ0v) is 15.5. The number of hydrogen-bond donors (Lipinski definition) is 0. The Morgan fingerprint density at radius 2 is 1.03 bits per heavy atom. The molecule has 0 N–H and O–H groups in total. The molecule has 18 heteroatoms. The molecule has 0 radical (unpaired) electrons. The van der Waals surface area contributed by atoms with Gasteiger partial charge in [-0.1, -0.05) is 0 Å². The molecule has 0 saturated carbocycles. The van der Waals surface area contributed by atoms with Gasteiger partial charge in [0.1, 0.15) is 5.75 Å². The van der Waals surface area contributed by atoms with Crippen molar-refractivity contribution < 1.29 is 75.0 Å². The van der Waals surface area contributed by atoms with Gasteiger partial charge in [0.15, 0.2) is 6.61 Å². The van der Waals surface area contributed by atoms with Crippen LogP contribution in [0.1, 0.15) is 5.56 Å². The van der Waals surface area contributed by atoms with E-state index in [1.165, 1.54) is 6.07 Å². The van der Waals surface area contributed by atoms with Crippen LogP contribution in [0.25, 0.3) is 0 Å². The lowest BCUT2D eigenvalue weighted by Crippen LogP contribution is -2.74. The number of ether oxygens (including phenoxy) is 1. The predicted octanol–water partition coefficient (Wildman–Crippen LogP) is 6.65. The lowest BCUT2D eigenvalue weighted by Gasteiger charge is -2.42. The predicted molar refractivity (Wildman–Crippen MR) is 77.3 cm³/mol. The third-order valence-electron chi connectivity index (χ3n) is 4.13. The second-order valence-corrected chi connectivity index (χ2v) is 6.42. The Hall–Kier alpha value is -2.61. The SMILES string of the molecule is N#Cc1ccc(OCC(F)(F)C(F)(F)C(F)(F)C(F)(F)C(F)(F)C(F)(F)C(F)(F)C(F)F)cc1. The van der Waals surface area contributed by atoms with E-state index in [4.69, 9.17) is 5.26 Å². The summed E-state index contributed by atoms with van der Waals surface area (Å²) in [4.78, 5) is 0. The maximum atomic E-state index is 13.7. The van der Waals surface area contributed by atoms with Crippen LogP contribution in [-0.2, 0) is 0 Å². The van der Waals surface area contributed by atoms with Crippen LogP contribution >= 0.6 is 0 Å². The van der Waals surface area contributed by atoms with Gasteiger partial charge in [0.25, 0.3) is 0 Å². The number of alkyl halides is 16. The van der Waals surface area contributed by atoms with Crippen molar-refractivity contribution in [3.63, 3.8) is 0 Å². The minimum atomic E-state index is -8.44. The molecule has 1 rings (SSSR count). The van der Waals surface area contributed by atoms with Gasteiger partial charge in [-0.3, -0.25) is 0 Å². The smallest absolute Gasteiger partial charge is 0.385 e. The van der Waals surface area contributed by atoms with Crippen molar-refractivity contribution in [1.82, 2.24) is 0 Å². The number of benzene rings is 1. The fourth-order valence-corrected chi connectivity index (χ4v) is 2.06. The van der Waals surface area contributed by atoms with E-state index in [0.29, 0.717) is 12.1 Å². The molecule has 34 heavy (non-hydrogen) atoms. The van der Waals surface area contributed by atoms with Crippen LogP contribution in [-0.4, -0.2) is 54.5 Å². The minimum Gasteiger partial charge on any atom is -0.487 e. The van der Waals surface area contributed by atoms with Gasteiger partial charge in [0.2, 0.25) is 0 Å². The highest BCUT2D eigenvalue weighted by molar-refractivity contribution is 5.34. The first-order valence-electron chi connectivity index (χ1n) is 8.01. The first-order chi connectivity index (χ1) is 15.0. The number of nitrogens with zero attached hydrogens (tertiary/aromatic N) is 1. The molecule has 0 aliphatic carbocycles. The second kappa shape index (κ2) is 8.56. The summed E-state index contributed by atoms with van der Waals surface area (Å²) in [5.74, 6) is -55.8. The van der Waals surface area contributed by atoms with Crippen molar-refractivity contribution in [2.24, 2.45) is 0 Å². The Bertz CT molecular complexity index is 903. The van der Waals surface area contributed by atoms with Crippen molar-refractivity contribution >= 4 is 0 Å². The lowest BCUT2D eigenvalue weighted by molar-refractivity contribution is -0.447. The van der Waals surface area contributed by atoms with Gasteiger partial charge < -0.3 is 4.74 Å². The normalized spacial score (nSPS) is 14.8. The average molecular weight is 533 g/mol. The Morgan fingerprint density at radius 1 is 0.647 bits per heavy atom. The van der Waals surface area contributed by atoms with E-state index in [0.717, 1.165) is 12.1 Å². The first-order valence-corrected chi connectivity index (χ1v) is 8.01. The van der Waals surface area contributed by atoms with Crippen molar-refractivity contribution in [3.05, 3.63) is 29.8 Å². The molecule has 0 aromatic heterocycles.